The van der Waals surface area contributed by atoms with E-state index in [9.17, 15) is 4.39 Å². The first kappa shape index (κ1) is 15.5. The molecule has 0 aromatic heterocycles. The van der Waals surface area contributed by atoms with E-state index in [4.69, 9.17) is 5.73 Å². The minimum atomic E-state index is -0.154. The quantitative estimate of drug-likeness (QED) is 0.916. The van der Waals surface area contributed by atoms with E-state index < -0.39 is 0 Å². The van der Waals surface area contributed by atoms with Crippen molar-refractivity contribution in [1.29, 1.82) is 0 Å². The SMILES string of the molecule is CC1(C)CCN(C(C)(CN)Cc2ccccc2F)CC1. The van der Waals surface area contributed by atoms with Gasteiger partial charge >= 0.3 is 0 Å². The molecule has 1 aliphatic rings. The summed E-state index contributed by atoms with van der Waals surface area (Å²) in [6.07, 6.45) is 3.04. The monoisotopic (exact) mass is 278 g/mol. The van der Waals surface area contributed by atoms with Crippen molar-refractivity contribution < 1.29 is 4.39 Å². The maximum Gasteiger partial charge on any atom is 0.126 e. The van der Waals surface area contributed by atoms with E-state index in [2.05, 4.69) is 25.7 Å². The Hall–Kier alpha value is -0.930. The summed E-state index contributed by atoms with van der Waals surface area (Å²) in [5.74, 6) is -0.121. The number of hydrogen-bond donors (Lipinski definition) is 1. The van der Waals surface area contributed by atoms with Crippen LogP contribution < -0.4 is 5.73 Å². The molecular formula is C17H27FN2. The lowest BCUT2D eigenvalue weighted by atomic mass is 9.80. The van der Waals surface area contributed by atoms with E-state index in [-0.39, 0.29) is 11.4 Å². The van der Waals surface area contributed by atoms with Crippen molar-refractivity contribution in [1.82, 2.24) is 4.90 Å². The molecule has 3 heteroatoms. The second-order valence-corrected chi connectivity index (χ2v) is 7.12. The largest absolute Gasteiger partial charge is 0.329 e. The summed E-state index contributed by atoms with van der Waals surface area (Å²) in [6.45, 7) is 9.46. The van der Waals surface area contributed by atoms with Crippen molar-refractivity contribution in [3.8, 4) is 0 Å². The average Bonchev–Trinajstić information content (AvgIpc) is 2.41. The molecule has 0 amide bonds. The topological polar surface area (TPSA) is 29.3 Å². The lowest BCUT2D eigenvalue weighted by Crippen LogP contribution is -2.56. The summed E-state index contributed by atoms with van der Waals surface area (Å²) in [5.41, 5.74) is 7.07. The molecule has 1 aliphatic heterocycles. The van der Waals surface area contributed by atoms with Crippen LogP contribution in [0.3, 0.4) is 0 Å². The number of rotatable bonds is 4. The average molecular weight is 278 g/mol. The van der Waals surface area contributed by atoms with Crippen LogP contribution in [0.25, 0.3) is 0 Å². The van der Waals surface area contributed by atoms with Crippen LogP contribution in [0.2, 0.25) is 0 Å². The van der Waals surface area contributed by atoms with Gasteiger partial charge in [-0.15, -0.1) is 0 Å². The predicted octanol–water partition coefficient (Wildman–Crippen LogP) is 3.21. The molecule has 1 atom stereocenters. The first-order chi connectivity index (χ1) is 9.36. The lowest BCUT2D eigenvalue weighted by molar-refractivity contribution is 0.0425. The van der Waals surface area contributed by atoms with Crippen molar-refractivity contribution in [2.45, 2.75) is 45.6 Å². The Kier molecular flexibility index (Phi) is 4.50. The first-order valence-electron chi connectivity index (χ1n) is 7.55. The van der Waals surface area contributed by atoms with Crippen molar-refractivity contribution in [3.63, 3.8) is 0 Å². The molecule has 112 valence electrons. The summed E-state index contributed by atoms with van der Waals surface area (Å²) >= 11 is 0. The molecule has 2 N–H and O–H groups in total. The van der Waals surface area contributed by atoms with E-state index >= 15 is 0 Å². The smallest absolute Gasteiger partial charge is 0.126 e. The molecule has 0 spiro atoms. The summed E-state index contributed by atoms with van der Waals surface area (Å²) in [6, 6.07) is 7.04. The minimum Gasteiger partial charge on any atom is -0.329 e. The van der Waals surface area contributed by atoms with Gasteiger partial charge in [0.15, 0.2) is 0 Å². The number of nitrogens with zero attached hydrogens (tertiary/aromatic N) is 1. The lowest BCUT2D eigenvalue weighted by Gasteiger charge is -2.47. The van der Waals surface area contributed by atoms with Gasteiger partial charge in [-0.05, 0) is 56.3 Å². The maximum absolute atomic E-state index is 13.9. The number of nitrogens with two attached hydrogens (primary N) is 1. The molecular weight excluding hydrogens is 251 g/mol. The van der Waals surface area contributed by atoms with Gasteiger partial charge in [0.1, 0.15) is 5.82 Å². The number of halogens is 1. The number of likely N-dealkylation sites (tertiary alicyclic amines) is 1. The van der Waals surface area contributed by atoms with Gasteiger partial charge in [-0.25, -0.2) is 4.39 Å². The zero-order valence-corrected chi connectivity index (χ0v) is 13.0. The highest BCUT2D eigenvalue weighted by atomic mass is 19.1. The van der Waals surface area contributed by atoms with Crippen LogP contribution in [0.1, 0.15) is 39.2 Å². The van der Waals surface area contributed by atoms with Crippen LogP contribution in [-0.2, 0) is 6.42 Å². The maximum atomic E-state index is 13.9. The molecule has 20 heavy (non-hydrogen) atoms. The third-order valence-electron chi connectivity index (χ3n) is 4.85. The standard InChI is InChI=1S/C17H27FN2/c1-16(2)8-10-20(11-9-16)17(3,13-19)12-14-6-4-5-7-15(14)18/h4-7H,8-13,19H2,1-3H3. The highest BCUT2D eigenvalue weighted by molar-refractivity contribution is 5.20. The number of hydrogen-bond acceptors (Lipinski definition) is 2. The third-order valence-corrected chi connectivity index (χ3v) is 4.85. The molecule has 1 fully saturated rings. The number of piperidine rings is 1. The second kappa shape index (κ2) is 5.82. The second-order valence-electron chi connectivity index (χ2n) is 7.12. The van der Waals surface area contributed by atoms with Crippen LogP contribution in [0.5, 0.6) is 0 Å². The van der Waals surface area contributed by atoms with Crippen molar-refractivity contribution in [2.24, 2.45) is 11.1 Å². The zero-order chi connectivity index (χ0) is 14.8. The fourth-order valence-corrected chi connectivity index (χ4v) is 3.02. The molecule has 2 rings (SSSR count). The van der Waals surface area contributed by atoms with Gasteiger partial charge in [0.25, 0.3) is 0 Å². The summed E-state index contributed by atoms with van der Waals surface area (Å²) in [5, 5.41) is 0. The molecule has 0 aliphatic carbocycles. The Labute approximate surface area is 122 Å². The van der Waals surface area contributed by atoms with Crippen LogP contribution in [0, 0.1) is 11.2 Å². The van der Waals surface area contributed by atoms with Gasteiger partial charge in [-0.2, -0.15) is 0 Å². The van der Waals surface area contributed by atoms with Crippen LogP contribution in [0.15, 0.2) is 24.3 Å². The van der Waals surface area contributed by atoms with Crippen molar-refractivity contribution in [3.05, 3.63) is 35.6 Å². The Bertz CT molecular complexity index is 448. The Morgan fingerprint density at radius 3 is 2.40 bits per heavy atom. The van der Waals surface area contributed by atoms with E-state index in [0.29, 0.717) is 18.4 Å². The zero-order valence-electron chi connectivity index (χ0n) is 13.0. The van der Waals surface area contributed by atoms with Gasteiger partial charge in [-0.3, -0.25) is 4.90 Å². The van der Waals surface area contributed by atoms with Crippen LogP contribution in [-0.4, -0.2) is 30.1 Å². The normalized spacial score (nSPS) is 22.4. The molecule has 0 saturated carbocycles. The number of benzene rings is 1. The van der Waals surface area contributed by atoms with Gasteiger partial charge in [0.05, 0.1) is 0 Å². The van der Waals surface area contributed by atoms with Crippen LogP contribution >= 0.6 is 0 Å². The third kappa shape index (κ3) is 3.39. The summed E-state index contributed by atoms with van der Waals surface area (Å²) < 4.78 is 13.9. The van der Waals surface area contributed by atoms with Gasteiger partial charge in [0.2, 0.25) is 0 Å². The molecule has 1 unspecified atom stereocenters. The minimum absolute atomic E-state index is 0.121. The molecule has 2 nitrogen and oxygen atoms in total. The Balaban J connectivity index is 2.12. The van der Waals surface area contributed by atoms with E-state index in [1.165, 1.54) is 18.9 Å². The molecule has 1 aromatic rings. The summed E-state index contributed by atoms with van der Waals surface area (Å²) in [7, 11) is 0. The molecule has 0 radical (unpaired) electrons. The Morgan fingerprint density at radius 1 is 1.25 bits per heavy atom. The van der Waals surface area contributed by atoms with Gasteiger partial charge < -0.3 is 5.73 Å². The highest BCUT2D eigenvalue weighted by Crippen LogP contribution is 2.34. The molecule has 0 bridgehead atoms. The van der Waals surface area contributed by atoms with Crippen LogP contribution in [0.4, 0.5) is 4.39 Å². The van der Waals surface area contributed by atoms with E-state index in [1.54, 1.807) is 6.07 Å². The highest BCUT2D eigenvalue weighted by Gasteiger charge is 2.36. The van der Waals surface area contributed by atoms with Gasteiger partial charge in [0, 0.05) is 12.1 Å². The molecule has 1 aromatic carbocycles. The predicted molar refractivity (Wildman–Crippen MR) is 82.2 cm³/mol. The van der Waals surface area contributed by atoms with Crippen molar-refractivity contribution in [2.75, 3.05) is 19.6 Å². The van der Waals surface area contributed by atoms with E-state index in [0.717, 1.165) is 18.7 Å². The van der Waals surface area contributed by atoms with Crippen molar-refractivity contribution >= 4 is 0 Å². The van der Waals surface area contributed by atoms with Gasteiger partial charge in [-0.1, -0.05) is 32.0 Å². The molecule has 1 heterocycles. The first-order valence-corrected chi connectivity index (χ1v) is 7.55. The molecule has 1 saturated heterocycles. The fourth-order valence-electron chi connectivity index (χ4n) is 3.02. The fraction of sp³-hybridized carbons (Fsp3) is 0.647. The van der Waals surface area contributed by atoms with E-state index in [1.807, 2.05) is 12.1 Å². The summed E-state index contributed by atoms with van der Waals surface area (Å²) in [4.78, 5) is 2.45. The Morgan fingerprint density at radius 2 is 1.85 bits per heavy atom.